The van der Waals surface area contributed by atoms with E-state index < -0.39 is 0 Å². The van der Waals surface area contributed by atoms with Gasteiger partial charge in [-0.1, -0.05) is 5.10 Å². The lowest BCUT2D eigenvalue weighted by atomic mass is 10.4. The molecule has 3 heterocycles. The van der Waals surface area contributed by atoms with Gasteiger partial charge in [0.1, 0.15) is 11.5 Å². The van der Waals surface area contributed by atoms with E-state index in [1.165, 1.54) is 0 Å². The van der Waals surface area contributed by atoms with E-state index in [0.717, 1.165) is 0 Å². The van der Waals surface area contributed by atoms with Gasteiger partial charge in [-0.15, -0.1) is 5.10 Å². The fourth-order valence-electron chi connectivity index (χ4n) is 1.43. The predicted molar refractivity (Wildman–Crippen MR) is 63.8 cm³/mol. The third-order valence-corrected chi connectivity index (χ3v) is 2.26. The first-order valence-electron chi connectivity index (χ1n) is 5.53. The van der Waals surface area contributed by atoms with Crippen LogP contribution < -0.4 is 5.32 Å². The van der Waals surface area contributed by atoms with Crippen molar-refractivity contribution >= 4 is 6.01 Å². The highest BCUT2D eigenvalue weighted by atomic mass is 16.4. The topological polar surface area (TPSA) is 118 Å². The second-order valence-electron chi connectivity index (χ2n) is 3.68. The van der Waals surface area contributed by atoms with Crippen LogP contribution >= 0.6 is 0 Å². The van der Waals surface area contributed by atoms with Crippen molar-refractivity contribution in [1.82, 2.24) is 35.3 Å². The van der Waals surface area contributed by atoms with E-state index in [0.29, 0.717) is 35.8 Å². The first-order chi connectivity index (χ1) is 9.31. The minimum absolute atomic E-state index is 0.343. The van der Waals surface area contributed by atoms with E-state index in [9.17, 15) is 0 Å². The monoisotopic (exact) mass is 258 g/mol. The van der Waals surface area contributed by atoms with E-state index in [2.05, 4.69) is 40.7 Å². The molecule has 19 heavy (non-hydrogen) atoms. The second kappa shape index (κ2) is 4.80. The summed E-state index contributed by atoms with van der Waals surface area (Å²) in [6.45, 7) is 2.12. The largest absolute Gasteiger partial charge is 0.408 e. The molecule has 3 rings (SSSR count). The van der Waals surface area contributed by atoms with Crippen LogP contribution in [0.15, 0.2) is 23.0 Å². The molecule has 3 aromatic rings. The van der Waals surface area contributed by atoms with Crippen LogP contribution in [-0.4, -0.2) is 35.3 Å². The molecule has 0 atom stereocenters. The average Bonchev–Trinajstić information content (AvgIpc) is 3.06. The maximum absolute atomic E-state index is 5.18. The molecular weight excluding hydrogens is 248 g/mol. The van der Waals surface area contributed by atoms with Crippen molar-refractivity contribution in [3.05, 3.63) is 30.3 Å². The smallest absolute Gasteiger partial charge is 0.315 e. The Kier molecular flexibility index (Phi) is 2.85. The Morgan fingerprint density at radius 1 is 1.32 bits per heavy atom. The zero-order valence-corrected chi connectivity index (χ0v) is 10.0. The van der Waals surface area contributed by atoms with Crippen molar-refractivity contribution in [3.63, 3.8) is 0 Å². The van der Waals surface area contributed by atoms with Crippen LogP contribution in [0.3, 0.4) is 0 Å². The summed E-state index contributed by atoms with van der Waals surface area (Å²) in [4.78, 5) is 12.4. The summed E-state index contributed by atoms with van der Waals surface area (Å²) in [6.07, 6.45) is 4.78. The van der Waals surface area contributed by atoms with Crippen LogP contribution in [0.4, 0.5) is 6.01 Å². The molecule has 0 fully saturated rings. The molecule has 0 unspecified atom stereocenters. The molecule has 0 radical (unpaired) electrons. The maximum atomic E-state index is 5.18. The average molecular weight is 258 g/mol. The van der Waals surface area contributed by atoms with Crippen LogP contribution in [0, 0.1) is 6.92 Å². The van der Waals surface area contributed by atoms with Crippen LogP contribution in [0.5, 0.6) is 0 Å². The highest BCUT2D eigenvalue weighted by Gasteiger charge is 2.08. The van der Waals surface area contributed by atoms with E-state index in [1.54, 1.807) is 25.5 Å². The Morgan fingerprint density at radius 3 is 3.00 bits per heavy atom. The first-order valence-corrected chi connectivity index (χ1v) is 5.53. The van der Waals surface area contributed by atoms with Gasteiger partial charge in [-0.2, -0.15) is 5.10 Å². The van der Waals surface area contributed by atoms with Gasteiger partial charge in [-0.25, -0.2) is 9.97 Å². The molecule has 0 saturated heterocycles. The molecule has 9 nitrogen and oxygen atoms in total. The minimum Gasteiger partial charge on any atom is -0.408 e. The number of nitrogens with zero attached hydrogens (tertiary/aromatic N) is 6. The molecule has 3 aromatic heterocycles. The summed E-state index contributed by atoms with van der Waals surface area (Å²) in [5.41, 5.74) is 0.610. The Labute approximate surface area is 107 Å². The first kappa shape index (κ1) is 11.3. The number of nitrogens with one attached hydrogen (secondary N) is 2. The van der Waals surface area contributed by atoms with Crippen molar-refractivity contribution in [1.29, 1.82) is 0 Å². The molecule has 0 aliphatic rings. The minimum atomic E-state index is 0.343. The number of aryl methyl sites for hydroxylation is 1. The predicted octanol–water partition coefficient (Wildman–Crippen LogP) is 0.565. The van der Waals surface area contributed by atoms with E-state index in [-0.39, 0.29) is 0 Å². The van der Waals surface area contributed by atoms with Gasteiger partial charge in [0, 0.05) is 19.3 Å². The Morgan fingerprint density at radius 2 is 2.26 bits per heavy atom. The number of hydrogen-bond donors (Lipinski definition) is 2. The molecule has 96 valence electrons. The quantitative estimate of drug-likeness (QED) is 0.697. The van der Waals surface area contributed by atoms with Gasteiger partial charge in [-0.3, -0.25) is 10.1 Å². The number of anilines is 1. The standard InChI is InChI=1S/C10H10N8O/c1-6-15-18-10(19-6)13-5-8-14-9(17-16-8)7-4-11-2-3-12-7/h2-4H,5H2,1H3,(H,13,18)(H,14,16,17). The second-order valence-corrected chi connectivity index (χ2v) is 3.68. The van der Waals surface area contributed by atoms with Gasteiger partial charge >= 0.3 is 6.01 Å². The van der Waals surface area contributed by atoms with E-state index >= 15 is 0 Å². The summed E-state index contributed by atoms with van der Waals surface area (Å²) in [5.74, 6) is 1.63. The lowest BCUT2D eigenvalue weighted by molar-refractivity contribution is 0.530. The highest BCUT2D eigenvalue weighted by molar-refractivity contribution is 5.45. The lowest BCUT2D eigenvalue weighted by Gasteiger charge is -1.95. The summed E-state index contributed by atoms with van der Waals surface area (Å²) in [6, 6.07) is 0.343. The molecule has 9 heteroatoms. The van der Waals surface area contributed by atoms with Gasteiger partial charge in [0.05, 0.1) is 12.7 Å². The van der Waals surface area contributed by atoms with Gasteiger partial charge < -0.3 is 9.73 Å². The summed E-state index contributed by atoms with van der Waals surface area (Å²) < 4.78 is 5.18. The zero-order chi connectivity index (χ0) is 13.1. The molecule has 0 saturated carbocycles. The number of aromatic amines is 1. The molecule has 0 aliphatic carbocycles. The van der Waals surface area contributed by atoms with Gasteiger partial charge in [0.25, 0.3) is 0 Å². The van der Waals surface area contributed by atoms with E-state index in [1.807, 2.05) is 0 Å². The van der Waals surface area contributed by atoms with Crippen molar-refractivity contribution in [3.8, 4) is 11.5 Å². The Bertz CT molecular complexity index is 661. The third kappa shape index (κ3) is 2.54. The summed E-state index contributed by atoms with van der Waals surface area (Å²) >= 11 is 0. The summed E-state index contributed by atoms with van der Waals surface area (Å²) in [5, 5.41) is 17.3. The molecule has 0 aliphatic heterocycles. The van der Waals surface area contributed by atoms with Crippen molar-refractivity contribution in [2.75, 3.05) is 5.32 Å². The molecule has 0 aromatic carbocycles. The number of H-pyrrole nitrogens is 1. The van der Waals surface area contributed by atoms with Gasteiger partial charge in [-0.05, 0) is 0 Å². The van der Waals surface area contributed by atoms with Crippen molar-refractivity contribution < 1.29 is 4.42 Å². The molecule has 0 spiro atoms. The van der Waals surface area contributed by atoms with Crippen LogP contribution in [0.1, 0.15) is 11.7 Å². The molecule has 2 N–H and O–H groups in total. The van der Waals surface area contributed by atoms with Crippen molar-refractivity contribution in [2.45, 2.75) is 13.5 Å². The highest BCUT2D eigenvalue weighted by Crippen LogP contribution is 2.10. The van der Waals surface area contributed by atoms with Gasteiger partial charge in [0.2, 0.25) is 11.7 Å². The Hall–Kier alpha value is -2.84. The number of rotatable bonds is 4. The summed E-state index contributed by atoms with van der Waals surface area (Å²) in [7, 11) is 0. The molecular formula is C10H10N8O. The van der Waals surface area contributed by atoms with Crippen LogP contribution in [-0.2, 0) is 6.54 Å². The van der Waals surface area contributed by atoms with Crippen molar-refractivity contribution in [2.24, 2.45) is 0 Å². The van der Waals surface area contributed by atoms with E-state index in [4.69, 9.17) is 4.42 Å². The normalized spacial score (nSPS) is 10.6. The number of aromatic nitrogens is 7. The van der Waals surface area contributed by atoms with Crippen LogP contribution in [0.25, 0.3) is 11.5 Å². The van der Waals surface area contributed by atoms with Crippen LogP contribution in [0.2, 0.25) is 0 Å². The fraction of sp³-hybridized carbons (Fsp3) is 0.200. The third-order valence-electron chi connectivity index (χ3n) is 2.26. The zero-order valence-electron chi connectivity index (χ0n) is 10.0. The Balaban J connectivity index is 1.68. The lowest BCUT2D eigenvalue weighted by Crippen LogP contribution is -2.01. The maximum Gasteiger partial charge on any atom is 0.315 e. The molecule has 0 bridgehead atoms. The number of hydrogen-bond acceptors (Lipinski definition) is 8. The molecule has 0 amide bonds. The fourth-order valence-corrected chi connectivity index (χ4v) is 1.43. The SMILES string of the molecule is Cc1nnc(NCc2nc(-c3cnccn3)n[nH]2)o1. The van der Waals surface area contributed by atoms with Gasteiger partial charge in [0.15, 0.2) is 0 Å².